The quantitative estimate of drug-likeness (QED) is 0.841. The van der Waals surface area contributed by atoms with E-state index in [1.807, 2.05) is 0 Å². The van der Waals surface area contributed by atoms with Gasteiger partial charge in [-0.25, -0.2) is 0 Å². The Kier molecular flexibility index (Phi) is 4.38. The van der Waals surface area contributed by atoms with Crippen LogP contribution in [0.15, 0.2) is 0 Å². The zero-order valence-electron chi connectivity index (χ0n) is 10.8. The molecule has 0 amide bonds. The number of hydrogen-bond donors (Lipinski definition) is 1. The van der Waals surface area contributed by atoms with E-state index in [4.69, 9.17) is 5.11 Å². The molecule has 2 rings (SSSR count). The van der Waals surface area contributed by atoms with Gasteiger partial charge in [0.15, 0.2) is 0 Å². The Labute approximate surface area is 110 Å². The molecule has 110 valence electrons. The van der Waals surface area contributed by atoms with Crippen molar-refractivity contribution in [1.29, 1.82) is 0 Å². The zero-order chi connectivity index (χ0) is 14.0. The van der Waals surface area contributed by atoms with Gasteiger partial charge in [-0.2, -0.15) is 13.2 Å². The number of carboxylic acids is 1. The van der Waals surface area contributed by atoms with Gasteiger partial charge < -0.3 is 5.11 Å². The van der Waals surface area contributed by atoms with Gasteiger partial charge in [-0.15, -0.1) is 0 Å². The lowest BCUT2D eigenvalue weighted by Crippen LogP contribution is -2.43. The molecule has 2 fully saturated rings. The summed E-state index contributed by atoms with van der Waals surface area (Å²) in [5.74, 6) is -0.566. The van der Waals surface area contributed by atoms with Crippen LogP contribution in [-0.2, 0) is 4.79 Å². The number of fused-ring (bicyclic) bond motifs is 2. The Hall–Kier alpha value is -0.780. The Morgan fingerprint density at radius 1 is 1.21 bits per heavy atom. The molecule has 0 radical (unpaired) electrons. The number of carbonyl (C=O) groups is 1. The topological polar surface area (TPSA) is 40.5 Å². The fourth-order valence-corrected chi connectivity index (χ4v) is 3.63. The lowest BCUT2D eigenvalue weighted by Gasteiger charge is -2.38. The molecular formula is C13H20F3NO2. The largest absolute Gasteiger partial charge is 0.481 e. The van der Waals surface area contributed by atoms with Crippen molar-refractivity contribution >= 4 is 5.97 Å². The average molecular weight is 279 g/mol. The van der Waals surface area contributed by atoms with Crippen LogP contribution in [0.3, 0.4) is 0 Å². The molecule has 2 aliphatic heterocycles. The van der Waals surface area contributed by atoms with Crippen LogP contribution in [0.25, 0.3) is 0 Å². The Bertz CT molecular complexity index is 318. The number of rotatable bonds is 5. The first-order valence-corrected chi connectivity index (χ1v) is 6.89. The van der Waals surface area contributed by atoms with Gasteiger partial charge in [0.2, 0.25) is 0 Å². The number of aliphatic carboxylic acids is 1. The summed E-state index contributed by atoms with van der Waals surface area (Å²) in [5.41, 5.74) is 0. The summed E-state index contributed by atoms with van der Waals surface area (Å²) in [5, 5.41) is 8.82. The van der Waals surface area contributed by atoms with Gasteiger partial charge in [-0.3, -0.25) is 9.69 Å². The number of piperidine rings is 1. The Morgan fingerprint density at radius 3 is 2.26 bits per heavy atom. The van der Waals surface area contributed by atoms with Gasteiger partial charge >= 0.3 is 12.1 Å². The number of nitrogens with zero attached hydrogens (tertiary/aromatic N) is 1. The number of halogens is 3. The van der Waals surface area contributed by atoms with Crippen LogP contribution >= 0.6 is 0 Å². The van der Waals surface area contributed by atoms with Crippen LogP contribution in [0.4, 0.5) is 13.2 Å². The smallest absolute Gasteiger partial charge is 0.389 e. The monoisotopic (exact) mass is 279 g/mol. The summed E-state index contributed by atoms with van der Waals surface area (Å²) < 4.78 is 36.4. The number of alkyl halides is 3. The van der Waals surface area contributed by atoms with E-state index in [0.717, 1.165) is 25.7 Å². The minimum Gasteiger partial charge on any atom is -0.481 e. The van der Waals surface area contributed by atoms with Crippen molar-refractivity contribution in [1.82, 2.24) is 4.90 Å². The highest BCUT2D eigenvalue weighted by Gasteiger charge is 2.41. The van der Waals surface area contributed by atoms with Crippen LogP contribution in [0.5, 0.6) is 0 Å². The predicted octanol–water partition coefficient (Wildman–Crippen LogP) is 3.05. The summed E-state index contributed by atoms with van der Waals surface area (Å²) in [6, 6.07) is 0.604. The van der Waals surface area contributed by atoms with E-state index in [2.05, 4.69) is 4.90 Å². The molecule has 0 aromatic heterocycles. The summed E-state index contributed by atoms with van der Waals surface area (Å²) >= 11 is 0. The van der Waals surface area contributed by atoms with Crippen molar-refractivity contribution in [3.63, 3.8) is 0 Å². The minimum atomic E-state index is -4.07. The molecule has 2 aliphatic rings. The maximum absolute atomic E-state index is 12.1. The molecule has 1 N–H and O–H groups in total. The highest BCUT2D eigenvalue weighted by atomic mass is 19.4. The standard InChI is InChI=1S/C13H20F3NO2/c14-13(15,16)4-1-5-17-10-2-3-11(17)7-9(6-10)8-12(18)19/h9-11H,1-8H2,(H,18,19). The van der Waals surface area contributed by atoms with Crippen LogP contribution < -0.4 is 0 Å². The average Bonchev–Trinajstić information content (AvgIpc) is 2.51. The second-order valence-electron chi connectivity index (χ2n) is 5.78. The lowest BCUT2D eigenvalue weighted by atomic mass is 9.88. The molecule has 0 aliphatic carbocycles. The van der Waals surface area contributed by atoms with Gasteiger partial charge in [0.05, 0.1) is 0 Å². The zero-order valence-corrected chi connectivity index (χ0v) is 10.8. The van der Waals surface area contributed by atoms with Crippen molar-refractivity contribution < 1.29 is 23.1 Å². The normalized spacial score (nSPS) is 31.6. The van der Waals surface area contributed by atoms with Gasteiger partial charge in [0, 0.05) is 24.9 Å². The summed E-state index contributed by atoms with van der Waals surface area (Å²) in [4.78, 5) is 12.9. The molecule has 3 nitrogen and oxygen atoms in total. The van der Waals surface area contributed by atoms with E-state index >= 15 is 0 Å². The van der Waals surface area contributed by atoms with E-state index in [9.17, 15) is 18.0 Å². The van der Waals surface area contributed by atoms with Crippen molar-refractivity contribution in [3.8, 4) is 0 Å². The fraction of sp³-hybridized carbons (Fsp3) is 0.923. The van der Waals surface area contributed by atoms with Gasteiger partial charge in [0.25, 0.3) is 0 Å². The molecule has 0 aromatic rings. The first kappa shape index (κ1) is 14.6. The summed E-state index contributed by atoms with van der Waals surface area (Å²) in [6.45, 7) is 0.495. The van der Waals surface area contributed by atoms with Gasteiger partial charge in [-0.1, -0.05) is 0 Å². The maximum Gasteiger partial charge on any atom is 0.389 e. The van der Waals surface area contributed by atoms with Crippen molar-refractivity contribution in [2.45, 2.75) is 63.2 Å². The van der Waals surface area contributed by atoms with Crippen LogP contribution in [-0.4, -0.2) is 40.8 Å². The first-order chi connectivity index (χ1) is 8.85. The SMILES string of the molecule is O=C(O)CC1CC2CCC(C1)N2CCCC(F)(F)F. The highest BCUT2D eigenvalue weighted by Crippen LogP contribution is 2.40. The maximum atomic E-state index is 12.1. The molecule has 2 bridgehead atoms. The van der Waals surface area contributed by atoms with Crippen molar-refractivity contribution in [2.24, 2.45) is 5.92 Å². The third-order valence-electron chi connectivity index (χ3n) is 4.32. The molecule has 2 heterocycles. The third-order valence-corrected chi connectivity index (χ3v) is 4.32. The van der Waals surface area contributed by atoms with E-state index < -0.39 is 18.6 Å². The van der Waals surface area contributed by atoms with E-state index in [-0.39, 0.29) is 18.8 Å². The second kappa shape index (κ2) is 5.69. The summed E-state index contributed by atoms with van der Waals surface area (Å²) in [7, 11) is 0. The highest BCUT2D eigenvalue weighted by molar-refractivity contribution is 5.67. The Balaban J connectivity index is 1.80. The minimum absolute atomic E-state index is 0.153. The molecule has 19 heavy (non-hydrogen) atoms. The van der Waals surface area contributed by atoms with Crippen LogP contribution in [0.1, 0.15) is 44.9 Å². The summed E-state index contributed by atoms with van der Waals surface area (Å²) in [6.07, 6.45) is -0.769. The molecule has 2 atom stereocenters. The fourth-order valence-electron chi connectivity index (χ4n) is 3.63. The molecular weight excluding hydrogens is 259 g/mol. The van der Waals surface area contributed by atoms with Crippen molar-refractivity contribution in [2.75, 3.05) is 6.54 Å². The Morgan fingerprint density at radius 2 is 1.79 bits per heavy atom. The van der Waals surface area contributed by atoms with E-state index in [1.54, 1.807) is 0 Å². The van der Waals surface area contributed by atoms with Gasteiger partial charge in [0.1, 0.15) is 0 Å². The van der Waals surface area contributed by atoms with Crippen LogP contribution in [0.2, 0.25) is 0 Å². The second-order valence-corrected chi connectivity index (χ2v) is 5.78. The molecule has 0 spiro atoms. The first-order valence-electron chi connectivity index (χ1n) is 6.89. The molecule has 0 aromatic carbocycles. The molecule has 0 saturated carbocycles. The van der Waals surface area contributed by atoms with Crippen molar-refractivity contribution in [3.05, 3.63) is 0 Å². The predicted molar refractivity (Wildman–Crippen MR) is 63.8 cm³/mol. The number of carboxylic acid groups (broad SMARTS) is 1. The molecule has 2 saturated heterocycles. The van der Waals surface area contributed by atoms with E-state index in [1.165, 1.54) is 0 Å². The van der Waals surface area contributed by atoms with Crippen LogP contribution in [0, 0.1) is 5.92 Å². The van der Waals surface area contributed by atoms with E-state index in [0.29, 0.717) is 18.6 Å². The number of hydrogen-bond acceptors (Lipinski definition) is 2. The lowest BCUT2D eigenvalue weighted by molar-refractivity contribution is -0.140. The third kappa shape index (κ3) is 4.09. The molecule has 6 heteroatoms. The molecule has 2 unspecified atom stereocenters. The van der Waals surface area contributed by atoms with Gasteiger partial charge in [-0.05, 0) is 44.6 Å².